The summed E-state index contributed by atoms with van der Waals surface area (Å²) in [6.07, 6.45) is -4.44. The molecule has 2 aromatic rings. The standard InChI is InChI=1S/C24H30F3NO3S/c1-17-13-19(15-21(14-17)24(25,26)27)18(2)31-16-23(11-12-29,20-9-7-6-8-10-20)28-32(30)22(3,4)5/h6-10,12-15,18,28H,11,16H2,1-5H3/t18-,23-,32-/m1/s1. The van der Waals surface area contributed by atoms with Crippen molar-refractivity contribution < 1.29 is 27.3 Å². The first-order valence-corrected chi connectivity index (χ1v) is 11.4. The van der Waals surface area contributed by atoms with Crippen LogP contribution in [0, 0.1) is 6.92 Å². The van der Waals surface area contributed by atoms with Crippen LogP contribution < -0.4 is 4.72 Å². The van der Waals surface area contributed by atoms with Gasteiger partial charge in [-0.05, 0) is 57.9 Å². The molecule has 0 heterocycles. The van der Waals surface area contributed by atoms with E-state index in [1.807, 2.05) is 26.8 Å². The van der Waals surface area contributed by atoms with Crippen molar-refractivity contribution >= 4 is 17.6 Å². The molecular formula is C24H30F3NO3S. The van der Waals surface area contributed by atoms with E-state index in [1.165, 1.54) is 0 Å². The van der Waals surface area contributed by atoms with E-state index in [2.05, 4.69) is 4.72 Å². The number of ether oxygens (including phenoxy) is 1. The number of alkyl halides is 3. The Balaban J connectivity index is 2.38. The first kappa shape index (κ1) is 26.4. The molecule has 2 rings (SSSR count). The maximum Gasteiger partial charge on any atom is 0.416 e. The van der Waals surface area contributed by atoms with E-state index >= 15 is 0 Å². The highest BCUT2D eigenvalue weighted by Gasteiger charge is 2.41. The van der Waals surface area contributed by atoms with E-state index < -0.39 is 39.5 Å². The highest BCUT2D eigenvalue weighted by molar-refractivity contribution is 7.90. The summed E-state index contributed by atoms with van der Waals surface area (Å²) >= 11 is -1.52. The number of carbonyl (C=O) groups excluding carboxylic acids is 1. The van der Waals surface area contributed by atoms with Crippen LogP contribution in [0.3, 0.4) is 0 Å². The Hall–Kier alpha value is -1.87. The number of aryl methyl sites for hydroxylation is 1. The molecule has 3 atom stereocenters. The molecule has 32 heavy (non-hydrogen) atoms. The fraction of sp³-hybridized carbons (Fsp3) is 0.458. The second-order valence-electron chi connectivity index (χ2n) is 8.89. The molecule has 0 amide bonds. The third kappa shape index (κ3) is 6.81. The normalized spacial score (nSPS) is 16.3. The fourth-order valence-electron chi connectivity index (χ4n) is 3.19. The lowest BCUT2D eigenvalue weighted by molar-refractivity contribution is -0.137. The Morgan fingerprint density at radius 2 is 1.72 bits per heavy atom. The van der Waals surface area contributed by atoms with E-state index in [4.69, 9.17) is 4.74 Å². The number of carbonyl (C=O) groups is 1. The molecule has 0 aromatic heterocycles. The fourth-order valence-corrected chi connectivity index (χ4v) is 4.12. The molecule has 0 saturated heterocycles. The monoisotopic (exact) mass is 469 g/mol. The predicted octanol–water partition coefficient (Wildman–Crippen LogP) is 5.63. The van der Waals surface area contributed by atoms with Gasteiger partial charge in [0.25, 0.3) is 0 Å². The Morgan fingerprint density at radius 1 is 1.09 bits per heavy atom. The maximum atomic E-state index is 13.2. The number of benzene rings is 2. The van der Waals surface area contributed by atoms with Crippen molar-refractivity contribution in [3.8, 4) is 0 Å². The molecule has 8 heteroatoms. The highest BCUT2D eigenvalue weighted by Crippen LogP contribution is 2.34. The van der Waals surface area contributed by atoms with E-state index in [0.29, 0.717) is 16.7 Å². The highest BCUT2D eigenvalue weighted by atomic mass is 32.2. The smallest absolute Gasteiger partial charge is 0.416 e. The first-order chi connectivity index (χ1) is 14.8. The lowest BCUT2D eigenvalue weighted by atomic mass is 9.89. The van der Waals surface area contributed by atoms with Gasteiger partial charge in [0.05, 0.1) is 18.3 Å². The number of aldehydes is 1. The van der Waals surface area contributed by atoms with Crippen LogP contribution in [0.1, 0.15) is 62.5 Å². The molecule has 176 valence electrons. The Labute approximate surface area is 190 Å². The van der Waals surface area contributed by atoms with Crippen LogP contribution in [-0.4, -0.2) is 22.2 Å². The molecule has 0 aliphatic carbocycles. The van der Waals surface area contributed by atoms with Gasteiger partial charge < -0.3 is 14.1 Å². The van der Waals surface area contributed by atoms with Gasteiger partial charge in [-0.1, -0.05) is 42.0 Å². The Bertz CT molecular complexity index is 900. The average molecular weight is 470 g/mol. The molecular weight excluding hydrogens is 439 g/mol. The molecule has 0 bridgehead atoms. The van der Waals surface area contributed by atoms with Crippen LogP contribution >= 0.6 is 0 Å². The van der Waals surface area contributed by atoms with Crippen LogP contribution in [0.25, 0.3) is 0 Å². The van der Waals surface area contributed by atoms with Gasteiger partial charge in [0.15, 0.2) is 0 Å². The average Bonchev–Trinajstić information content (AvgIpc) is 2.70. The molecule has 0 spiro atoms. The molecule has 0 fully saturated rings. The van der Waals surface area contributed by atoms with E-state index in [9.17, 15) is 22.5 Å². The van der Waals surface area contributed by atoms with Crippen molar-refractivity contribution in [2.45, 2.75) is 63.6 Å². The summed E-state index contributed by atoms with van der Waals surface area (Å²) < 4.78 is 61.2. The van der Waals surface area contributed by atoms with Crippen molar-refractivity contribution in [3.63, 3.8) is 0 Å². The minimum Gasteiger partial charge on any atom is -0.598 e. The Morgan fingerprint density at radius 3 is 2.25 bits per heavy atom. The third-order valence-corrected chi connectivity index (χ3v) is 6.77. The molecule has 0 saturated carbocycles. The van der Waals surface area contributed by atoms with Gasteiger partial charge in [-0.3, -0.25) is 0 Å². The topological polar surface area (TPSA) is 61.4 Å². The summed E-state index contributed by atoms with van der Waals surface area (Å²) in [5, 5.41) is 0. The van der Waals surface area contributed by atoms with E-state index in [-0.39, 0.29) is 13.0 Å². The summed E-state index contributed by atoms with van der Waals surface area (Å²) in [4.78, 5) is 11.6. The second-order valence-corrected chi connectivity index (χ2v) is 10.9. The number of halogens is 3. The summed E-state index contributed by atoms with van der Waals surface area (Å²) in [7, 11) is 0. The SMILES string of the molecule is Cc1cc([C@@H](C)OC[C@@](CC=O)(N[S@+]([O-])C(C)(C)C)c2ccccc2)cc(C(F)(F)F)c1. The summed E-state index contributed by atoms with van der Waals surface area (Å²) in [6.45, 7) is 8.62. The van der Waals surface area contributed by atoms with Crippen molar-refractivity contribution in [2.24, 2.45) is 0 Å². The van der Waals surface area contributed by atoms with E-state index in [0.717, 1.165) is 18.4 Å². The summed E-state index contributed by atoms with van der Waals surface area (Å²) in [6, 6.07) is 12.8. The van der Waals surface area contributed by atoms with Gasteiger partial charge in [0.1, 0.15) is 16.6 Å². The molecule has 0 aliphatic heterocycles. The molecule has 2 aromatic carbocycles. The van der Waals surface area contributed by atoms with Gasteiger partial charge >= 0.3 is 6.18 Å². The molecule has 0 aliphatic rings. The zero-order valence-electron chi connectivity index (χ0n) is 19.0. The van der Waals surface area contributed by atoms with Gasteiger partial charge in [-0.2, -0.15) is 13.2 Å². The minimum absolute atomic E-state index is 0.0207. The number of rotatable bonds is 9. The lowest BCUT2D eigenvalue weighted by Crippen LogP contribution is -2.54. The van der Waals surface area contributed by atoms with Gasteiger partial charge in [-0.25, -0.2) is 0 Å². The first-order valence-electron chi connectivity index (χ1n) is 10.3. The quantitative estimate of drug-likeness (QED) is 0.382. The van der Waals surface area contributed by atoms with Crippen molar-refractivity contribution in [2.75, 3.05) is 6.61 Å². The van der Waals surface area contributed by atoms with Crippen LogP contribution in [-0.2, 0) is 32.6 Å². The van der Waals surface area contributed by atoms with Crippen molar-refractivity contribution in [3.05, 3.63) is 70.8 Å². The van der Waals surface area contributed by atoms with Crippen LogP contribution in [0.5, 0.6) is 0 Å². The van der Waals surface area contributed by atoms with Crippen LogP contribution in [0.4, 0.5) is 13.2 Å². The van der Waals surface area contributed by atoms with Crippen molar-refractivity contribution in [1.29, 1.82) is 0 Å². The zero-order valence-corrected chi connectivity index (χ0v) is 19.8. The second kappa shape index (κ2) is 10.4. The molecule has 0 unspecified atom stereocenters. The Kier molecular flexibility index (Phi) is 8.56. The minimum atomic E-state index is -4.46. The number of nitrogens with one attached hydrogen (secondary N) is 1. The van der Waals surface area contributed by atoms with Crippen molar-refractivity contribution in [1.82, 2.24) is 4.72 Å². The van der Waals surface area contributed by atoms with Crippen LogP contribution in [0.2, 0.25) is 0 Å². The third-order valence-electron chi connectivity index (χ3n) is 5.08. The number of hydrogen-bond donors (Lipinski definition) is 1. The van der Waals surface area contributed by atoms with Gasteiger partial charge in [0.2, 0.25) is 0 Å². The molecule has 1 N–H and O–H groups in total. The number of hydrogen-bond acceptors (Lipinski definition) is 4. The molecule has 0 radical (unpaired) electrons. The largest absolute Gasteiger partial charge is 0.598 e. The molecule has 4 nitrogen and oxygen atoms in total. The van der Waals surface area contributed by atoms with Gasteiger partial charge in [-0.15, -0.1) is 4.72 Å². The predicted molar refractivity (Wildman–Crippen MR) is 120 cm³/mol. The zero-order chi connectivity index (χ0) is 24.2. The van der Waals surface area contributed by atoms with Crippen LogP contribution in [0.15, 0.2) is 48.5 Å². The lowest BCUT2D eigenvalue weighted by Gasteiger charge is -2.37. The van der Waals surface area contributed by atoms with Gasteiger partial charge in [0, 0.05) is 17.8 Å². The van der Waals surface area contributed by atoms with E-state index in [1.54, 1.807) is 44.2 Å². The summed E-state index contributed by atoms with van der Waals surface area (Å²) in [5.74, 6) is 0. The maximum absolute atomic E-state index is 13.2. The summed E-state index contributed by atoms with van der Waals surface area (Å²) in [5.41, 5.74) is -0.289.